The Bertz CT molecular complexity index is 375. The van der Waals surface area contributed by atoms with Crippen LogP contribution < -0.4 is 0 Å². The van der Waals surface area contributed by atoms with Gasteiger partial charge in [0.15, 0.2) is 0 Å². The van der Waals surface area contributed by atoms with Crippen LogP contribution in [0.4, 0.5) is 4.39 Å². The summed E-state index contributed by atoms with van der Waals surface area (Å²) in [5, 5.41) is 0. The number of hydrogen-bond donors (Lipinski definition) is 0. The highest BCUT2D eigenvalue weighted by molar-refractivity contribution is 9.09. The molecule has 2 atom stereocenters. The van der Waals surface area contributed by atoms with E-state index in [0.29, 0.717) is 4.83 Å². The zero-order chi connectivity index (χ0) is 11.1. The summed E-state index contributed by atoms with van der Waals surface area (Å²) in [5.41, 5.74) is 2.03. The van der Waals surface area contributed by atoms with Gasteiger partial charge >= 0.3 is 0 Å². The molecule has 1 aromatic rings. The predicted octanol–water partition coefficient (Wildman–Crippen LogP) is 4.34. The fraction of sp³-hybridized carbons (Fsp3) is 0.538. The predicted molar refractivity (Wildman–Crippen MR) is 65.1 cm³/mol. The summed E-state index contributed by atoms with van der Waals surface area (Å²) < 4.78 is 13.5. The Morgan fingerprint density at radius 1 is 1.47 bits per heavy atom. The zero-order valence-electron chi connectivity index (χ0n) is 9.19. The second-order valence-electron chi connectivity index (χ2n) is 4.86. The van der Waals surface area contributed by atoms with Crippen LogP contribution in [0.3, 0.4) is 0 Å². The van der Waals surface area contributed by atoms with E-state index in [0.717, 1.165) is 24.0 Å². The van der Waals surface area contributed by atoms with Gasteiger partial charge in [0, 0.05) is 4.83 Å². The van der Waals surface area contributed by atoms with E-state index in [1.807, 2.05) is 13.0 Å². The largest absolute Gasteiger partial charge is 0.207 e. The number of halogens is 2. The number of hydrogen-bond acceptors (Lipinski definition) is 0. The minimum absolute atomic E-state index is 0.0771. The number of rotatable bonds is 1. The molecule has 0 heterocycles. The molecule has 2 unspecified atom stereocenters. The van der Waals surface area contributed by atoms with Gasteiger partial charge in [-0.25, -0.2) is 4.39 Å². The van der Waals surface area contributed by atoms with Crippen molar-refractivity contribution < 1.29 is 4.39 Å². The Hall–Kier alpha value is -0.370. The minimum Gasteiger partial charge on any atom is -0.207 e. The molecule has 0 bridgehead atoms. The van der Waals surface area contributed by atoms with Gasteiger partial charge in [0.05, 0.1) is 0 Å². The molecule has 1 aliphatic carbocycles. The van der Waals surface area contributed by atoms with Gasteiger partial charge in [-0.05, 0) is 48.8 Å². The molecule has 0 N–H and O–H groups in total. The lowest BCUT2D eigenvalue weighted by atomic mass is 9.81. The van der Waals surface area contributed by atoms with E-state index in [4.69, 9.17) is 0 Å². The van der Waals surface area contributed by atoms with Gasteiger partial charge in [0.1, 0.15) is 5.82 Å². The molecule has 15 heavy (non-hydrogen) atoms. The molecule has 0 aromatic heterocycles. The Balaban J connectivity index is 2.33. The van der Waals surface area contributed by atoms with Crippen LogP contribution in [-0.4, -0.2) is 4.83 Å². The Morgan fingerprint density at radius 3 is 2.73 bits per heavy atom. The molecule has 1 fully saturated rings. The van der Waals surface area contributed by atoms with Crippen LogP contribution in [0.25, 0.3) is 0 Å². The van der Waals surface area contributed by atoms with Crippen molar-refractivity contribution >= 4 is 15.9 Å². The lowest BCUT2D eigenvalue weighted by Gasteiger charge is -2.24. The van der Waals surface area contributed by atoms with Gasteiger partial charge < -0.3 is 0 Å². The molecule has 0 radical (unpaired) electrons. The van der Waals surface area contributed by atoms with Crippen molar-refractivity contribution in [3.63, 3.8) is 0 Å². The first-order valence-corrected chi connectivity index (χ1v) is 6.33. The normalized spacial score (nSPS) is 30.8. The monoisotopic (exact) mass is 270 g/mol. The van der Waals surface area contributed by atoms with E-state index in [1.54, 1.807) is 6.07 Å². The van der Waals surface area contributed by atoms with Crippen molar-refractivity contribution in [2.45, 2.75) is 43.4 Å². The molecule has 0 amide bonds. The lowest BCUT2D eigenvalue weighted by Crippen LogP contribution is -2.18. The molecule has 0 spiro atoms. The lowest BCUT2D eigenvalue weighted by molar-refractivity contribution is 0.487. The summed E-state index contributed by atoms with van der Waals surface area (Å²) in [7, 11) is 0. The first-order chi connectivity index (χ1) is 7.01. The van der Waals surface area contributed by atoms with E-state index < -0.39 is 0 Å². The number of alkyl halides is 1. The fourth-order valence-electron chi connectivity index (χ4n) is 2.40. The topological polar surface area (TPSA) is 0 Å². The van der Waals surface area contributed by atoms with Crippen LogP contribution in [0.1, 0.15) is 37.3 Å². The van der Waals surface area contributed by atoms with Gasteiger partial charge in [-0.2, -0.15) is 0 Å². The number of aryl methyl sites for hydroxylation is 1. The van der Waals surface area contributed by atoms with Crippen molar-refractivity contribution in [3.05, 3.63) is 35.1 Å². The minimum atomic E-state index is -0.0771. The van der Waals surface area contributed by atoms with E-state index in [-0.39, 0.29) is 11.2 Å². The van der Waals surface area contributed by atoms with E-state index in [9.17, 15) is 4.39 Å². The Kier molecular flexibility index (Phi) is 2.89. The third-order valence-electron chi connectivity index (χ3n) is 3.55. The smallest absolute Gasteiger partial charge is 0.126 e. The quantitative estimate of drug-likeness (QED) is 0.666. The summed E-state index contributed by atoms with van der Waals surface area (Å²) in [6.45, 7) is 4.04. The van der Waals surface area contributed by atoms with Crippen molar-refractivity contribution in [1.82, 2.24) is 0 Å². The fourth-order valence-corrected chi connectivity index (χ4v) is 3.34. The maximum atomic E-state index is 13.5. The number of benzene rings is 1. The van der Waals surface area contributed by atoms with Crippen LogP contribution in [-0.2, 0) is 5.41 Å². The molecule has 1 aromatic carbocycles. The first-order valence-electron chi connectivity index (χ1n) is 5.42. The average molecular weight is 271 g/mol. The van der Waals surface area contributed by atoms with E-state index in [2.05, 4.69) is 28.9 Å². The molecule has 1 aliphatic rings. The van der Waals surface area contributed by atoms with Crippen molar-refractivity contribution in [2.75, 3.05) is 0 Å². The highest BCUT2D eigenvalue weighted by Gasteiger charge is 2.35. The van der Waals surface area contributed by atoms with Gasteiger partial charge in [0.2, 0.25) is 0 Å². The summed E-state index contributed by atoms with van der Waals surface area (Å²) >= 11 is 3.65. The van der Waals surface area contributed by atoms with Gasteiger partial charge in [-0.3, -0.25) is 0 Å². The molecule has 0 nitrogen and oxygen atoms in total. The molecule has 0 aliphatic heterocycles. The standard InChI is InChI=1S/C13H16BrF/c1-9-3-4-10(7-12(9)15)13(2)6-5-11(14)8-13/h3-4,7,11H,5-6,8H2,1-2H3. The molecule has 1 saturated carbocycles. The molecule has 2 heteroatoms. The zero-order valence-corrected chi connectivity index (χ0v) is 10.8. The van der Waals surface area contributed by atoms with Crippen LogP contribution >= 0.6 is 15.9 Å². The van der Waals surface area contributed by atoms with Gasteiger partial charge in [0.25, 0.3) is 0 Å². The van der Waals surface area contributed by atoms with Crippen molar-refractivity contribution in [3.8, 4) is 0 Å². The maximum absolute atomic E-state index is 13.5. The maximum Gasteiger partial charge on any atom is 0.126 e. The van der Waals surface area contributed by atoms with Crippen molar-refractivity contribution in [2.24, 2.45) is 0 Å². The third kappa shape index (κ3) is 2.10. The van der Waals surface area contributed by atoms with E-state index in [1.165, 1.54) is 6.42 Å². The van der Waals surface area contributed by atoms with Crippen LogP contribution in [0, 0.1) is 12.7 Å². The summed E-state index contributed by atoms with van der Waals surface area (Å²) in [4.78, 5) is 0.590. The highest BCUT2D eigenvalue weighted by atomic mass is 79.9. The van der Waals surface area contributed by atoms with Crippen LogP contribution in [0.15, 0.2) is 18.2 Å². The van der Waals surface area contributed by atoms with Crippen LogP contribution in [0.2, 0.25) is 0 Å². The van der Waals surface area contributed by atoms with E-state index >= 15 is 0 Å². The molecular formula is C13H16BrF. The second kappa shape index (κ2) is 3.89. The molecular weight excluding hydrogens is 255 g/mol. The summed E-state index contributed by atoms with van der Waals surface area (Å²) in [6, 6.07) is 5.67. The SMILES string of the molecule is Cc1ccc(C2(C)CCC(Br)C2)cc1F. The summed E-state index contributed by atoms with van der Waals surface area (Å²) in [6.07, 6.45) is 3.44. The highest BCUT2D eigenvalue weighted by Crippen LogP contribution is 2.43. The molecule has 2 rings (SSSR count). The summed E-state index contributed by atoms with van der Waals surface area (Å²) in [5.74, 6) is -0.0771. The second-order valence-corrected chi connectivity index (χ2v) is 6.16. The third-order valence-corrected chi connectivity index (χ3v) is 4.33. The first kappa shape index (κ1) is 11.1. The Labute approximate surface area is 99.0 Å². The van der Waals surface area contributed by atoms with Crippen LogP contribution in [0.5, 0.6) is 0 Å². The molecule has 0 saturated heterocycles. The average Bonchev–Trinajstić information content (AvgIpc) is 2.52. The molecule has 82 valence electrons. The van der Waals surface area contributed by atoms with Crippen molar-refractivity contribution in [1.29, 1.82) is 0 Å². The Morgan fingerprint density at radius 2 is 2.20 bits per heavy atom. The van der Waals surface area contributed by atoms with Gasteiger partial charge in [-0.15, -0.1) is 0 Å². The van der Waals surface area contributed by atoms with Gasteiger partial charge in [-0.1, -0.05) is 35.0 Å².